The second kappa shape index (κ2) is 5.59. The van der Waals surface area contributed by atoms with Gasteiger partial charge in [-0.15, -0.1) is 11.3 Å². The molecule has 0 saturated carbocycles. The number of aldehydes is 1. The number of hydrogen-bond acceptors (Lipinski definition) is 4. The van der Waals surface area contributed by atoms with Gasteiger partial charge >= 0.3 is 0 Å². The molecular formula is C13H13NO2S. The molecule has 0 radical (unpaired) electrons. The largest absolute Gasteiger partial charge is 0.493 e. The van der Waals surface area contributed by atoms with E-state index in [1.54, 1.807) is 11.3 Å². The van der Waals surface area contributed by atoms with Crippen LogP contribution in [-0.2, 0) is 6.42 Å². The van der Waals surface area contributed by atoms with Gasteiger partial charge in [0.25, 0.3) is 0 Å². The second-order valence-corrected chi connectivity index (χ2v) is 4.87. The fourth-order valence-electron chi connectivity index (χ4n) is 1.45. The van der Waals surface area contributed by atoms with E-state index in [4.69, 9.17) is 4.74 Å². The van der Waals surface area contributed by atoms with Crippen molar-refractivity contribution in [3.8, 4) is 5.75 Å². The number of para-hydroxylation sites is 1. The number of benzene rings is 1. The summed E-state index contributed by atoms with van der Waals surface area (Å²) in [6.45, 7) is 2.48. The zero-order valence-electron chi connectivity index (χ0n) is 9.55. The van der Waals surface area contributed by atoms with Crippen molar-refractivity contribution in [1.29, 1.82) is 0 Å². The van der Waals surface area contributed by atoms with Gasteiger partial charge in [0.1, 0.15) is 11.4 Å². The lowest BCUT2D eigenvalue weighted by molar-refractivity contribution is 0.111. The van der Waals surface area contributed by atoms with Gasteiger partial charge in [0.15, 0.2) is 6.29 Å². The SMILES string of the molecule is Cc1sc(CCOc2ccccc2)nc1C=O. The Morgan fingerprint density at radius 2 is 2.12 bits per heavy atom. The molecule has 0 saturated heterocycles. The molecule has 88 valence electrons. The Hall–Kier alpha value is -1.68. The van der Waals surface area contributed by atoms with Gasteiger partial charge < -0.3 is 4.74 Å². The quantitative estimate of drug-likeness (QED) is 0.763. The van der Waals surface area contributed by atoms with Gasteiger partial charge in [-0.25, -0.2) is 4.98 Å². The van der Waals surface area contributed by atoms with Gasteiger partial charge in [0, 0.05) is 11.3 Å². The number of aromatic nitrogens is 1. The first-order valence-corrected chi connectivity index (χ1v) is 6.20. The van der Waals surface area contributed by atoms with Crippen LogP contribution < -0.4 is 4.74 Å². The first-order chi connectivity index (χ1) is 8.29. The topological polar surface area (TPSA) is 39.2 Å². The highest BCUT2D eigenvalue weighted by molar-refractivity contribution is 7.11. The van der Waals surface area contributed by atoms with E-state index < -0.39 is 0 Å². The van der Waals surface area contributed by atoms with E-state index in [0.717, 1.165) is 28.3 Å². The summed E-state index contributed by atoms with van der Waals surface area (Å²) >= 11 is 1.55. The zero-order valence-corrected chi connectivity index (χ0v) is 10.4. The van der Waals surface area contributed by atoms with Crippen LogP contribution in [0.5, 0.6) is 5.75 Å². The number of thiazole rings is 1. The molecule has 0 bridgehead atoms. The molecule has 0 atom stereocenters. The molecule has 1 aromatic carbocycles. The number of rotatable bonds is 5. The van der Waals surface area contributed by atoms with Crippen molar-refractivity contribution in [2.24, 2.45) is 0 Å². The first kappa shape index (κ1) is 11.8. The number of ether oxygens (including phenoxy) is 1. The normalized spacial score (nSPS) is 10.2. The number of aryl methyl sites for hydroxylation is 1. The number of carbonyl (C=O) groups excluding carboxylic acids is 1. The molecule has 0 spiro atoms. The molecule has 4 heteroatoms. The van der Waals surface area contributed by atoms with Crippen molar-refractivity contribution in [2.75, 3.05) is 6.61 Å². The van der Waals surface area contributed by atoms with Crippen molar-refractivity contribution in [2.45, 2.75) is 13.3 Å². The van der Waals surface area contributed by atoms with Gasteiger partial charge in [0.05, 0.1) is 11.6 Å². The highest BCUT2D eigenvalue weighted by Gasteiger charge is 2.06. The third-order valence-electron chi connectivity index (χ3n) is 2.32. The van der Waals surface area contributed by atoms with Crippen LogP contribution in [0.3, 0.4) is 0 Å². The molecule has 0 aliphatic heterocycles. The maximum absolute atomic E-state index is 10.6. The van der Waals surface area contributed by atoms with E-state index in [-0.39, 0.29) is 0 Å². The maximum Gasteiger partial charge on any atom is 0.169 e. The molecule has 0 unspecified atom stereocenters. The maximum atomic E-state index is 10.6. The Bertz CT molecular complexity index is 493. The van der Waals surface area contributed by atoms with Crippen molar-refractivity contribution < 1.29 is 9.53 Å². The van der Waals surface area contributed by atoms with Crippen molar-refractivity contribution in [3.05, 3.63) is 45.9 Å². The van der Waals surface area contributed by atoms with Crippen LogP contribution in [0, 0.1) is 6.92 Å². The highest BCUT2D eigenvalue weighted by atomic mass is 32.1. The predicted octanol–water partition coefficient (Wildman–Crippen LogP) is 2.89. The number of hydrogen-bond donors (Lipinski definition) is 0. The van der Waals surface area contributed by atoms with E-state index in [0.29, 0.717) is 12.3 Å². The molecule has 1 heterocycles. The summed E-state index contributed by atoms with van der Waals surface area (Å²) in [5, 5.41) is 0.945. The molecule has 0 aliphatic carbocycles. The summed E-state index contributed by atoms with van der Waals surface area (Å²) in [5.74, 6) is 0.858. The Morgan fingerprint density at radius 3 is 2.76 bits per heavy atom. The Morgan fingerprint density at radius 1 is 1.35 bits per heavy atom. The molecule has 0 N–H and O–H groups in total. The average Bonchev–Trinajstić information content (AvgIpc) is 2.71. The smallest absolute Gasteiger partial charge is 0.169 e. The monoisotopic (exact) mass is 247 g/mol. The predicted molar refractivity (Wildman–Crippen MR) is 67.9 cm³/mol. The van der Waals surface area contributed by atoms with Gasteiger partial charge in [-0.05, 0) is 19.1 Å². The fraction of sp³-hybridized carbons (Fsp3) is 0.231. The lowest BCUT2D eigenvalue weighted by Crippen LogP contribution is -2.00. The molecule has 0 amide bonds. The van der Waals surface area contributed by atoms with Crippen LogP contribution >= 0.6 is 11.3 Å². The molecule has 0 aliphatic rings. The lowest BCUT2D eigenvalue weighted by atomic mass is 10.3. The van der Waals surface area contributed by atoms with Gasteiger partial charge in [0.2, 0.25) is 0 Å². The van der Waals surface area contributed by atoms with Gasteiger partial charge in [-0.2, -0.15) is 0 Å². The van der Waals surface area contributed by atoms with Crippen LogP contribution in [0.4, 0.5) is 0 Å². The van der Waals surface area contributed by atoms with Crippen molar-refractivity contribution >= 4 is 17.6 Å². The third kappa shape index (κ3) is 3.14. The lowest BCUT2D eigenvalue weighted by Gasteiger charge is -2.03. The molecule has 2 aromatic rings. The zero-order chi connectivity index (χ0) is 12.1. The minimum Gasteiger partial charge on any atom is -0.493 e. The summed E-state index contributed by atoms with van der Waals surface area (Å²) in [4.78, 5) is 15.8. The summed E-state index contributed by atoms with van der Waals surface area (Å²) in [5.41, 5.74) is 0.546. The van der Waals surface area contributed by atoms with Gasteiger partial charge in [-0.1, -0.05) is 18.2 Å². The standard InChI is InChI=1S/C13H13NO2S/c1-10-12(9-15)14-13(17-10)7-8-16-11-5-3-2-4-6-11/h2-6,9H,7-8H2,1H3. The van der Waals surface area contributed by atoms with E-state index in [9.17, 15) is 4.79 Å². The van der Waals surface area contributed by atoms with Crippen LogP contribution in [0.25, 0.3) is 0 Å². The highest BCUT2D eigenvalue weighted by Crippen LogP contribution is 2.17. The average molecular weight is 247 g/mol. The molecular weight excluding hydrogens is 234 g/mol. The molecule has 1 aromatic heterocycles. The molecule has 3 nitrogen and oxygen atoms in total. The van der Waals surface area contributed by atoms with E-state index in [1.807, 2.05) is 37.3 Å². The minimum absolute atomic E-state index is 0.546. The minimum atomic E-state index is 0.546. The van der Waals surface area contributed by atoms with Gasteiger partial charge in [-0.3, -0.25) is 4.79 Å². The summed E-state index contributed by atoms with van der Waals surface area (Å²) in [7, 11) is 0. The van der Waals surface area contributed by atoms with E-state index >= 15 is 0 Å². The van der Waals surface area contributed by atoms with Crippen LogP contribution in [0.15, 0.2) is 30.3 Å². The van der Waals surface area contributed by atoms with Crippen molar-refractivity contribution in [1.82, 2.24) is 4.98 Å². The molecule has 0 fully saturated rings. The molecule has 17 heavy (non-hydrogen) atoms. The van der Waals surface area contributed by atoms with E-state index in [1.165, 1.54) is 0 Å². The molecule has 2 rings (SSSR count). The van der Waals surface area contributed by atoms with Crippen LogP contribution in [0.2, 0.25) is 0 Å². The van der Waals surface area contributed by atoms with E-state index in [2.05, 4.69) is 4.98 Å². The summed E-state index contributed by atoms with van der Waals surface area (Å²) < 4.78 is 5.57. The fourth-order valence-corrected chi connectivity index (χ4v) is 2.34. The number of nitrogens with zero attached hydrogens (tertiary/aromatic N) is 1. The number of carbonyl (C=O) groups is 1. The second-order valence-electron chi connectivity index (χ2n) is 3.58. The first-order valence-electron chi connectivity index (χ1n) is 5.39. The van der Waals surface area contributed by atoms with Crippen LogP contribution in [-0.4, -0.2) is 17.9 Å². The summed E-state index contributed by atoms with van der Waals surface area (Å²) in [6, 6.07) is 9.67. The Labute approximate surface area is 104 Å². The Balaban J connectivity index is 1.88. The van der Waals surface area contributed by atoms with Crippen LogP contribution in [0.1, 0.15) is 20.4 Å². The third-order valence-corrected chi connectivity index (χ3v) is 3.36. The Kier molecular flexibility index (Phi) is 3.88. The van der Waals surface area contributed by atoms with Crippen molar-refractivity contribution in [3.63, 3.8) is 0 Å². The summed E-state index contributed by atoms with van der Waals surface area (Å²) in [6.07, 6.45) is 1.53.